The van der Waals surface area contributed by atoms with E-state index in [-0.39, 0.29) is 6.17 Å². The summed E-state index contributed by atoms with van der Waals surface area (Å²) in [5.74, 6) is 4.38. The third kappa shape index (κ3) is 17.1. The van der Waals surface area contributed by atoms with Gasteiger partial charge in [0.2, 0.25) is 11.9 Å². The number of rotatable bonds is 13. The Kier molecular flexibility index (Phi) is 21.5. The smallest absolute Gasteiger partial charge is 0.212 e. The highest BCUT2D eigenvalue weighted by molar-refractivity contribution is 6.13. The summed E-state index contributed by atoms with van der Waals surface area (Å²) >= 11 is 0. The Balaban J connectivity index is 0.000000113. The first-order valence-electron chi connectivity index (χ1n) is 35.9. The SMILES string of the molecule is C(=N/NC1=NCCN1)/c1ccc2cc3ccccc3cc2c1.C(=N\NC1=NCCC1)/c1cccc2cc3c(/C=N/NC4CCCN4)cccc3cc12.C(=N\NC1=NCCC1)/c1cccc2cc3cccc(/C=N/NC4=NCCN4)c3cc12.C(=N\NC1=NCCC1)/c1cccc2cc3ccccc3cc12. The minimum absolute atomic E-state index is 0.280. The molecule has 0 radical (unpaired) electrons. The number of hydrogen-bond donors (Lipinski definition) is 9. The van der Waals surface area contributed by atoms with E-state index >= 15 is 0 Å². The zero-order chi connectivity index (χ0) is 69.9. The average Bonchev–Trinajstić information content (AvgIpc) is 1.04. The molecular weight excluding hydrogens is 1290 g/mol. The predicted molar refractivity (Wildman–Crippen MR) is 436 cm³/mol. The largest absolute Gasteiger partial charge is 0.353 e. The lowest BCUT2D eigenvalue weighted by Gasteiger charge is -2.10. The number of aliphatic imine (C=N–C) groups is 5. The van der Waals surface area contributed by atoms with Gasteiger partial charge in [-0.15, -0.1) is 0 Å². The first-order chi connectivity index (χ1) is 51.5. The van der Waals surface area contributed by atoms with Gasteiger partial charge in [0.15, 0.2) is 0 Å². The highest BCUT2D eigenvalue weighted by Gasteiger charge is 2.14. The lowest BCUT2D eigenvalue weighted by molar-refractivity contribution is 0.502. The molecule has 18 rings (SSSR count). The Morgan fingerprint density at radius 1 is 0.298 bits per heavy atom. The van der Waals surface area contributed by atoms with Crippen molar-refractivity contribution in [2.75, 3.05) is 52.4 Å². The third-order valence-corrected chi connectivity index (χ3v) is 18.8. The second-order valence-corrected chi connectivity index (χ2v) is 26.0. The number of fused-ring (bicyclic) bond motifs is 8. The first kappa shape index (κ1) is 67.3. The summed E-state index contributed by atoms with van der Waals surface area (Å²) in [7, 11) is 0. The summed E-state index contributed by atoms with van der Waals surface area (Å²) in [6, 6.07) is 72.5. The summed E-state index contributed by atoms with van der Waals surface area (Å²) < 4.78 is 0. The topological polar surface area (TPSA) is 244 Å². The molecule has 518 valence electrons. The molecule has 1 atom stereocenters. The van der Waals surface area contributed by atoms with Gasteiger partial charge in [-0.25, -0.2) is 20.8 Å². The standard InChI is InChI=1S/C24H26N6.C23H23N7.C19H17N3.C18H16N4/c1-5-17-13-22-18(6-2-8-20(22)16-28-30-24-10-4-12-26-24)14-21(17)19(7-1)15-27-29-23-9-3-11-25-23;1-4-16-12-17-5-2-7-19(15-28-30-23-25-10-11-26-23)21(17)13-20(16)18(6-1)14-27-29-22-8-3-9-24-22;1-2-6-15-12-18-16(11-14(15)5-1)7-3-8-17(18)13-21-22-19-9-4-10-20-19;1-2-4-15-11-17-9-13(5-6-16(17)10-14(15)3-1)12-21-22-18-19-7-8-20-18/h1-2,5-8,13-16,23,25,29H,3-4,9-12H2,(H,26,30);1-2,4-7,12-15H,3,8-11H2,(H,24,29)(H2,25,26,30);1-3,5-8,11-13H,4,9-10H2,(H,20,22);1-6,9-12H,7-8H2,(H2,19,20,22)/b27-15+,28-16+;27-14+,28-15+;21-13+;21-12-. The van der Waals surface area contributed by atoms with Crippen LogP contribution in [0, 0.1) is 0 Å². The van der Waals surface area contributed by atoms with Gasteiger partial charge in [-0.05, 0) is 185 Å². The monoisotopic (exact) mass is 1370 g/mol. The third-order valence-electron chi connectivity index (χ3n) is 18.8. The molecule has 12 aromatic carbocycles. The van der Waals surface area contributed by atoms with Crippen molar-refractivity contribution in [2.45, 2.75) is 57.5 Å². The molecule has 0 saturated carbocycles. The summed E-state index contributed by atoms with van der Waals surface area (Å²) in [5, 5.41) is 55.3. The molecule has 12 aromatic rings. The minimum atomic E-state index is 0.280. The molecule has 0 bridgehead atoms. The molecule has 6 aliphatic rings. The molecule has 0 spiro atoms. The van der Waals surface area contributed by atoms with E-state index in [4.69, 9.17) is 0 Å². The Bertz CT molecular complexity index is 5380. The summed E-state index contributed by atoms with van der Waals surface area (Å²) in [4.78, 5) is 21.7. The number of guanidine groups is 2. The van der Waals surface area contributed by atoms with Crippen LogP contribution in [0.2, 0.25) is 0 Å². The molecule has 6 aliphatic heterocycles. The maximum absolute atomic E-state index is 4.47. The van der Waals surface area contributed by atoms with Gasteiger partial charge in [-0.1, -0.05) is 152 Å². The highest BCUT2D eigenvalue weighted by Crippen LogP contribution is 2.30. The van der Waals surface area contributed by atoms with E-state index in [1.54, 1.807) is 0 Å². The molecular formula is C84H82N20. The van der Waals surface area contributed by atoms with E-state index in [1.165, 1.54) is 81.8 Å². The summed E-state index contributed by atoms with van der Waals surface area (Å²) in [6.07, 6.45) is 20.1. The quantitative estimate of drug-likeness (QED) is 0.0302. The van der Waals surface area contributed by atoms with Crippen LogP contribution in [0.1, 0.15) is 84.7 Å². The van der Waals surface area contributed by atoms with E-state index in [1.807, 2.05) is 37.3 Å². The molecule has 20 nitrogen and oxygen atoms in total. The molecule has 1 fully saturated rings. The molecule has 0 amide bonds. The van der Waals surface area contributed by atoms with E-state index in [2.05, 4.69) is 310 Å². The van der Waals surface area contributed by atoms with Crippen LogP contribution in [0.25, 0.3) is 86.2 Å². The predicted octanol–water partition coefficient (Wildman–Crippen LogP) is 13.7. The molecule has 0 aliphatic carbocycles. The Hall–Kier alpha value is -12.6. The van der Waals surface area contributed by atoms with Crippen LogP contribution in [0.3, 0.4) is 0 Å². The van der Waals surface area contributed by atoms with Gasteiger partial charge >= 0.3 is 0 Å². The lowest BCUT2D eigenvalue weighted by atomic mass is 9.97. The second kappa shape index (κ2) is 33.3. The van der Waals surface area contributed by atoms with Gasteiger partial charge in [-0.3, -0.25) is 42.0 Å². The zero-order valence-corrected chi connectivity index (χ0v) is 57.9. The maximum Gasteiger partial charge on any atom is 0.212 e. The van der Waals surface area contributed by atoms with Crippen molar-refractivity contribution in [3.63, 3.8) is 0 Å². The van der Waals surface area contributed by atoms with Crippen LogP contribution in [-0.2, 0) is 0 Å². The fraction of sp³-hybridized carbons (Fsp3) is 0.202. The fourth-order valence-electron chi connectivity index (χ4n) is 13.5. The molecule has 6 heterocycles. The van der Waals surface area contributed by atoms with E-state index in [0.29, 0.717) is 0 Å². The minimum Gasteiger partial charge on any atom is -0.353 e. The Morgan fingerprint density at radius 3 is 1.09 bits per heavy atom. The van der Waals surface area contributed by atoms with Crippen molar-refractivity contribution in [3.05, 3.63) is 240 Å². The van der Waals surface area contributed by atoms with Crippen molar-refractivity contribution >= 4 is 153 Å². The number of nitrogens with one attached hydrogen (secondary N) is 9. The van der Waals surface area contributed by atoms with Crippen LogP contribution >= 0.6 is 0 Å². The van der Waals surface area contributed by atoms with Crippen LogP contribution in [0.4, 0.5) is 0 Å². The van der Waals surface area contributed by atoms with Gasteiger partial charge in [0.1, 0.15) is 17.5 Å². The van der Waals surface area contributed by atoms with Crippen molar-refractivity contribution in [1.82, 2.24) is 48.5 Å². The van der Waals surface area contributed by atoms with Gasteiger partial charge < -0.3 is 10.6 Å². The van der Waals surface area contributed by atoms with Crippen LogP contribution in [-0.4, -0.2) is 125 Å². The van der Waals surface area contributed by atoms with E-state index < -0.39 is 0 Å². The Labute approximate surface area is 603 Å². The van der Waals surface area contributed by atoms with E-state index in [9.17, 15) is 0 Å². The number of benzene rings is 12. The van der Waals surface area contributed by atoms with Crippen LogP contribution in [0.5, 0.6) is 0 Å². The van der Waals surface area contributed by atoms with Gasteiger partial charge in [-0.2, -0.15) is 30.6 Å². The van der Waals surface area contributed by atoms with Crippen molar-refractivity contribution in [2.24, 2.45) is 55.6 Å². The number of nitrogens with zero attached hydrogens (tertiary/aromatic N) is 11. The summed E-state index contributed by atoms with van der Waals surface area (Å²) in [5.41, 5.74) is 24.8. The normalized spacial score (nSPS) is 16.5. The molecule has 20 heteroatoms. The van der Waals surface area contributed by atoms with Gasteiger partial charge in [0.25, 0.3) is 0 Å². The molecule has 1 saturated heterocycles. The summed E-state index contributed by atoms with van der Waals surface area (Å²) in [6.45, 7) is 7.08. The molecule has 1 unspecified atom stereocenters. The molecule has 9 N–H and O–H groups in total. The zero-order valence-electron chi connectivity index (χ0n) is 57.9. The van der Waals surface area contributed by atoms with Crippen LogP contribution < -0.4 is 48.5 Å². The lowest BCUT2D eigenvalue weighted by Crippen LogP contribution is -2.33. The number of hydrazone groups is 6. The number of amidine groups is 3. The van der Waals surface area contributed by atoms with Crippen molar-refractivity contribution in [1.29, 1.82) is 0 Å². The molecule has 104 heavy (non-hydrogen) atoms. The highest BCUT2D eigenvalue weighted by atomic mass is 15.4. The van der Waals surface area contributed by atoms with E-state index in [0.717, 1.165) is 171 Å². The van der Waals surface area contributed by atoms with Gasteiger partial charge in [0, 0.05) is 79.8 Å². The first-order valence-corrected chi connectivity index (χ1v) is 35.9. The number of hydrogen-bond acceptors (Lipinski definition) is 20. The molecule has 0 aromatic heterocycles. The van der Waals surface area contributed by atoms with Gasteiger partial charge in [0.05, 0.1) is 56.5 Å². The van der Waals surface area contributed by atoms with Crippen molar-refractivity contribution < 1.29 is 0 Å². The Morgan fingerprint density at radius 2 is 0.663 bits per heavy atom. The average molecular weight is 1370 g/mol. The second-order valence-electron chi connectivity index (χ2n) is 26.0. The maximum atomic E-state index is 4.47. The van der Waals surface area contributed by atoms with Crippen LogP contribution in [0.15, 0.2) is 262 Å². The fourth-order valence-corrected chi connectivity index (χ4v) is 13.5. The van der Waals surface area contributed by atoms with Crippen molar-refractivity contribution in [3.8, 4) is 0 Å².